The van der Waals surface area contributed by atoms with Crippen LogP contribution in [0.5, 0.6) is 0 Å². The molecule has 0 fully saturated rings. The van der Waals surface area contributed by atoms with Gasteiger partial charge in [0.2, 0.25) is 0 Å². The number of phosphoric acid groups is 1. The van der Waals surface area contributed by atoms with Gasteiger partial charge in [-0.15, -0.1) is 0 Å². The predicted octanol–water partition coefficient (Wildman–Crippen LogP) is 3.26. The average Bonchev–Trinajstić information content (AvgIpc) is 2.80. The van der Waals surface area contributed by atoms with Gasteiger partial charge in [0.1, 0.15) is 12.4 Å². The molecule has 1 aromatic carbocycles. The highest BCUT2D eigenvalue weighted by molar-refractivity contribution is 7.48. The summed E-state index contributed by atoms with van der Waals surface area (Å²) < 4.78 is 27.4. The highest BCUT2D eigenvalue weighted by Gasteiger charge is 2.25. The summed E-state index contributed by atoms with van der Waals surface area (Å²) in [6, 6.07) is 7.62. The maximum atomic E-state index is 12.1. The highest BCUT2D eigenvalue weighted by Crippen LogP contribution is 2.49. The third-order valence-corrected chi connectivity index (χ3v) is 3.97. The number of fused-ring (bicyclic) bond motifs is 1. The molecule has 0 saturated carbocycles. The minimum Gasteiger partial charge on any atom is -0.340 e. The number of para-hydroxylation sites is 2. The van der Waals surface area contributed by atoms with Crippen LogP contribution in [-0.4, -0.2) is 23.2 Å². The van der Waals surface area contributed by atoms with E-state index in [4.69, 9.17) is 13.6 Å². The number of aromatic amines is 1. The van der Waals surface area contributed by atoms with E-state index in [1.165, 1.54) is 0 Å². The Kier molecular flexibility index (Phi) is 4.71. The van der Waals surface area contributed by atoms with E-state index in [0.29, 0.717) is 5.82 Å². The molecule has 1 N–H and O–H groups in total. The van der Waals surface area contributed by atoms with Crippen LogP contribution in [0.3, 0.4) is 0 Å². The molecule has 0 spiro atoms. The number of rotatable bonds is 7. The molecule has 0 amide bonds. The molecule has 1 aromatic heterocycles. The smallest absolute Gasteiger partial charge is 0.340 e. The molecule has 7 heteroatoms. The van der Waals surface area contributed by atoms with Crippen molar-refractivity contribution in [2.24, 2.45) is 0 Å². The van der Waals surface area contributed by atoms with Crippen LogP contribution in [0.1, 0.15) is 19.7 Å². The zero-order valence-electron chi connectivity index (χ0n) is 11.0. The number of phosphoric ester groups is 1. The summed E-state index contributed by atoms with van der Waals surface area (Å²) >= 11 is 0. The molecule has 0 unspecified atom stereocenters. The monoisotopic (exact) mass is 284 g/mol. The summed E-state index contributed by atoms with van der Waals surface area (Å²) in [5.41, 5.74) is 1.74. The van der Waals surface area contributed by atoms with E-state index in [2.05, 4.69) is 9.97 Å². The first-order chi connectivity index (χ1) is 9.17. The van der Waals surface area contributed by atoms with Crippen LogP contribution in [0, 0.1) is 0 Å². The molecular formula is C12H17N2O4P. The van der Waals surface area contributed by atoms with Crippen LogP contribution in [0.25, 0.3) is 11.0 Å². The van der Waals surface area contributed by atoms with E-state index >= 15 is 0 Å². The molecular weight excluding hydrogens is 267 g/mol. The Morgan fingerprint density at radius 3 is 2.47 bits per heavy atom. The lowest BCUT2D eigenvalue weighted by Gasteiger charge is -2.15. The van der Waals surface area contributed by atoms with Crippen LogP contribution in [0.4, 0.5) is 0 Å². The normalized spacial score (nSPS) is 12.1. The molecule has 104 valence electrons. The van der Waals surface area contributed by atoms with Crippen molar-refractivity contribution in [1.82, 2.24) is 9.97 Å². The lowest BCUT2D eigenvalue weighted by Crippen LogP contribution is -2.01. The Balaban J connectivity index is 2.06. The summed E-state index contributed by atoms with van der Waals surface area (Å²) in [4.78, 5) is 7.41. The topological polar surface area (TPSA) is 73.4 Å². The van der Waals surface area contributed by atoms with Crippen molar-refractivity contribution in [3.63, 3.8) is 0 Å². The van der Waals surface area contributed by atoms with Crippen LogP contribution in [0.2, 0.25) is 0 Å². The fourth-order valence-electron chi connectivity index (χ4n) is 1.64. The van der Waals surface area contributed by atoms with Gasteiger partial charge in [-0.05, 0) is 26.0 Å². The number of hydrogen-bond acceptors (Lipinski definition) is 5. The first-order valence-corrected chi connectivity index (χ1v) is 7.60. The number of H-pyrrole nitrogens is 1. The molecule has 0 aliphatic carbocycles. The lowest BCUT2D eigenvalue weighted by molar-refractivity contribution is 0.114. The van der Waals surface area contributed by atoms with Crippen molar-refractivity contribution < 1.29 is 18.1 Å². The Morgan fingerprint density at radius 1 is 1.16 bits per heavy atom. The number of benzene rings is 1. The van der Waals surface area contributed by atoms with Crippen molar-refractivity contribution in [2.45, 2.75) is 20.5 Å². The van der Waals surface area contributed by atoms with Gasteiger partial charge >= 0.3 is 7.82 Å². The maximum absolute atomic E-state index is 12.1. The maximum Gasteiger partial charge on any atom is 0.475 e. The van der Waals surface area contributed by atoms with E-state index in [0.717, 1.165) is 11.0 Å². The van der Waals surface area contributed by atoms with Crippen LogP contribution in [0.15, 0.2) is 24.3 Å². The van der Waals surface area contributed by atoms with E-state index in [-0.39, 0.29) is 19.8 Å². The molecule has 0 bridgehead atoms. The second-order valence-corrected chi connectivity index (χ2v) is 5.43. The third kappa shape index (κ3) is 3.64. The first kappa shape index (κ1) is 14.2. The molecule has 1 heterocycles. The predicted molar refractivity (Wildman–Crippen MR) is 71.7 cm³/mol. The number of nitrogens with one attached hydrogen (secondary N) is 1. The minimum absolute atomic E-state index is 0.0476. The summed E-state index contributed by atoms with van der Waals surface area (Å²) in [6.07, 6.45) is 0. The van der Waals surface area contributed by atoms with Crippen molar-refractivity contribution in [1.29, 1.82) is 0 Å². The lowest BCUT2D eigenvalue weighted by atomic mass is 10.3. The zero-order chi connectivity index (χ0) is 13.7. The van der Waals surface area contributed by atoms with E-state index in [1.807, 2.05) is 24.3 Å². The van der Waals surface area contributed by atoms with Gasteiger partial charge in [-0.1, -0.05) is 12.1 Å². The zero-order valence-corrected chi connectivity index (χ0v) is 11.9. The molecule has 6 nitrogen and oxygen atoms in total. The summed E-state index contributed by atoms with van der Waals surface area (Å²) in [5.74, 6) is 0.584. The fraction of sp³-hybridized carbons (Fsp3) is 0.417. The van der Waals surface area contributed by atoms with Gasteiger partial charge in [-0.2, -0.15) is 0 Å². The second-order valence-electron chi connectivity index (χ2n) is 3.76. The van der Waals surface area contributed by atoms with E-state index in [9.17, 15) is 4.57 Å². The molecule has 0 radical (unpaired) electrons. The van der Waals surface area contributed by atoms with Gasteiger partial charge in [0.05, 0.1) is 24.2 Å². The van der Waals surface area contributed by atoms with Crippen molar-refractivity contribution >= 4 is 18.9 Å². The summed E-state index contributed by atoms with van der Waals surface area (Å²) in [7, 11) is -3.49. The molecule has 0 aliphatic heterocycles. The van der Waals surface area contributed by atoms with Crippen LogP contribution >= 0.6 is 7.82 Å². The molecule has 2 aromatic rings. The van der Waals surface area contributed by atoms with Crippen LogP contribution < -0.4 is 0 Å². The van der Waals surface area contributed by atoms with Crippen molar-refractivity contribution in [3.8, 4) is 0 Å². The minimum atomic E-state index is -3.49. The number of aromatic nitrogens is 2. The van der Waals surface area contributed by atoms with Gasteiger partial charge in [0.25, 0.3) is 0 Å². The standard InChI is InChI=1S/C12H17N2O4P/c1-3-16-19(15,17-4-2)18-9-12-13-10-7-5-6-8-11(10)14-12/h5-8H,3-4,9H2,1-2H3,(H,13,14). The fourth-order valence-corrected chi connectivity index (χ4v) is 2.78. The summed E-state index contributed by atoms with van der Waals surface area (Å²) in [5, 5.41) is 0. The molecule has 0 aliphatic rings. The van der Waals surface area contributed by atoms with Gasteiger partial charge in [0.15, 0.2) is 0 Å². The molecule has 0 saturated heterocycles. The summed E-state index contributed by atoms with van der Waals surface area (Å²) in [6.45, 7) is 4.03. The van der Waals surface area contributed by atoms with E-state index < -0.39 is 7.82 Å². The van der Waals surface area contributed by atoms with Gasteiger partial charge < -0.3 is 4.98 Å². The van der Waals surface area contributed by atoms with Gasteiger partial charge in [-0.3, -0.25) is 13.6 Å². The number of nitrogens with zero attached hydrogens (tertiary/aromatic N) is 1. The van der Waals surface area contributed by atoms with Gasteiger partial charge in [0, 0.05) is 0 Å². The van der Waals surface area contributed by atoms with Crippen LogP contribution in [-0.2, 0) is 24.7 Å². The van der Waals surface area contributed by atoms with Crippen molar-refractivity contribution in [3.05, 3.63) is 30.1 Å². The third-order valence-electron chi connectivity index (χ3n) is 2.37. The second kappa shape index (κ2) is 6.30. The molecule has 19 heavy (non-hydrogen) atoms. The molecule has 0 atom stereocenters. The number of imidazole rings is 1. The van der Waals surface area contributed by atoms with E-state index in [1.54, 1.807) is 13.8 Å². The quantitative estimate of drug-likeness (QED) is 0.790. The Hall–Kier alpha value is -1.20. The van der Waals surface area contributed by atoms with Crippen molar-refractivity contribution in [2.75, 3.05) is 13.2 Å². The molecule has 2 rings (SSSR count). The Labute approximate surface area is 111 Å². The Bertz CT molecular complexity index is 541. The number of hydrogen-bond donors (Lipinski definition) is 1. The highest BCUT2D eigenvalue weighted by atomic mass is 31.2. The first-order valence-electron chi connectivity index (χ1n) is 6.14. The Morgan fingerprint density at radius 2 is 1.84 bits per heavy atom. The van der Waals surface area contributed by atoms with Gasteiger partial charge in [-0.25, -0.2) is 9.55 Å². The average molecular weight is 284 g/mol. The SMILES string of the molecule is CCOP(=O)(OCC)OCc1nc2ccccc2[nH]1. The largest absolute Gasteiger partial charge is 0.475 e.